The number of aldehydes is 1. The van der Waals surface area contributed by atoms with E-state index in [1.165, 1.54) is 7.11 Å². The van der Waals surface area contributed by atoms with Crippen molar-refractivity contribution in [3.8, 4) is 0 Å². The third-order valence-electron chi connectivity index (χ3n) is 1.40. The third-order valence-corrected chi connectivity index (χ3v) is 1.40. The molecule has 1 unspecified atom stereocenters. The van der Waals surface area contributed by atoms with Crippen LogP contribution < -0.4 is 0 Å². The molecule has 66 valence electrons. The van der Waals surface area contributed by atoms with Crippen LogP contribution in [0.15, 0.2) is 0 Å². The van der Waals surface area contributed by atoms with Crippen LogP contribution in [0.5, 0.6) is 0 Å². The summed E-state index contributed by atoms with van der Waals surface area (Å²) < 4.78 is 4.77. The van der Waals surface area contributed by atoms with Crippen molar-refractivity contribution in [2.75, 3.05) is 7.11 Å². The van der Waals surface area contributed by atoms with Gasteiger partial charge in [-0.2, -0.15) is 0 Å². The molecular formula is C7H14O4. The van der Waals surface area contributed by atoms with Crippen molar-refractivity contribution in [1.29, 1.82) is 0 Å². The van der Waals surface area contributed by atoms with Crippen LogP contribution in [0, 0.1) is 0 Å². The van der Waals surface area contributed by atoms with Crippen molar-refractivity contribution < 1.29 is 19.7 Å². The van der Waals surface area contributed by atoms with Gasteiger partial charge in [0.2, 0.25) is 0 Å². The summed E-state index contributed by atoms with van der Waals surface area (Å²) in [5, 5.41) is 17.9. The minimum atomic E-state index is -1.14. The maximum Gasteiger partial charge on any atom is 0.151 e. The fourth-order valence-corrected chi connectivity index (χ4v) is 0.799. The molecule has 0 spiro atoms. The molecule has 4 nitrogen and oxygen atoms in total. The number of methoxy groups -OCH3 is 1. The van der Waals surface area contributed by atoms with Crippen LogP contribution in [0.2, 0.25) is 0 Å². The highest BCUT2D eigenvalue weighted by atomic mass is 16.5. The van der Waals surface area contributed by atoms with Crippen molar-refractivity contribution in [3.05, 3.63) is 0 Å². The second kappa shape index (κ2) is 5.23. The summed E-state index contributed by atoms with van der Waals surface area (Å²) in [6.07, 6.45) is -1.66. The normalized spacial score (nSPS) is 18.9. The Balaban J connectivity index is 3.83. The Labute approximate surface area is 65.8 Å². The minimum absolute atomic E-state index is 0.260. The van der Waals surface area contributed by atoms with Gasteiger partial charge in [0.05, 0.1) is 12.2 Å². The first-order valence-electron chi connectivity index (χ1n) is 3.46. The molecule has 0 heterocycles. The molecule has 0 rings (SSSR count). The predicted molar refractivity (Wildman–Crippen MR) is 39.2 cm³/mol. The van der Waals surface area contributed by atoms with E-state index in [-0.39, 0.29) is 6.42 Å². The molecular weight excluding hydrogens is 148 g/mol. The van der Waals surface area contributed by atoms with E-state index in [0.29, 0.717) is 6.29 Å². The lowest BCUT2D eigenvalue weighted by atomic mass is 10.1. The van der Waals surface area contributed by atoms with Crippen molar-refractivity contribution >= 4 is 6.29 Å². The van der Waals surface area contributed by atoms with Gasteiger partial charge in [-0.3, -0.25) is 0 Å². The van der Waals surface area contributed by atoms with Gasteiger partial charge in [-0.15, -0.1) is 0 Å². The number of aliphatic hydroxyl groups excluding tert-OH is 2. The van der Waals surface area contributed by atoms with Crippen LogP contribution >= 0.6 is 0 Å². The number of aliphatic hydroxyl groups is 2. The molecule has 2 N–H and O–H groups in total. The predicted octanol–water partition coefficient (Wildman–Crippen LogP) is -0.668. The number of carbonyl (C=O) groups is 1. The van der Waals surface area contributed by atoms with E-state index < -0.39 is 18.3 Å². The van der Waals surface area contributed by atoms with Crippen LogP contribution in [-0.4, -0.2) is 41.9 Å². The Morgan fingerprint density at radius 2 is 2.09 bits per heavy atom. The van der Waals surface area contributed by atoms with Gasteiger partial charge in [0.1, 0.15) is 6.10 Å². The van der Waals surface area contributed by atoms with Gasteiger partial charge in [-0.1, -0.05) is 0 Å². The average Bonchev–Trinajstić information content (AvgIpc) is 1.98. The molecule has 0 aliphatic rings. The topological polar surface area (TPSA) is 66.8 Å². The van der Waals surface area contributed by atoms with Crippen LogP contribution in [0.25, 0.3) is 0 Å². The molecule has 4 heteroatoms. The summed E-state index contributed by atoms with van der Waals surface area (Å²) in [4.78, 5) is 10.1. The summed E-state index contributed by atoms with van der Waals surface area (Å²) >= 11 is 0. The smallest absolute Gasteiger partial charge is 0.151 e. The molecule has 0 fully saturated rings. The summed E-state index contributed by atoms with van der Waals surface area (Å²) in [7, 11) is 1.39. The van der Waals surface area contributed by atoms with Crippen molar-refractivity contribution in [1.82, 2.24) is 0 Å². The molecule has 0 saturated heterocycles. The van der Waals surface area contributed by atoms with Crippen LogP contribution in [0.3, 0.4) is 0 Å². The molecule has 3 atom stereocenters. The van der Waals surface area contributed by atoms with Crippen LogP contribution in [-0.2, 0) is 9.53 Å². The zero-order valence-electron chi connectivity index (χ0n) is 6.73. The first kappa shape index (κ1) is 10.6. The fourth-order valence-electron chi connectivity index (χ4n) is 0.799. The van der Waals surface area contributed by atoms with Crippen molar-refractivity contribution in [2.45, 2.75) is 31.7 Å². The van der Waals surface area contributed by atoms with E-state index in [4.69, 9.17) is 14.9 Å². The molecule has 0 aromatic rings. The van der Waals surface area contributed by atoms with Gasteiger partial charge in [0, 0.05) is 13.5 Å². The Morgan fingerprint density at radius 1 is 1.55 bits per heavy atom. The Bertz CT molecular complexity index is 113. The second-order valence-electron chi connectivity index (χ2n) is 2.49. The highest BCUT2D eigenvalue weighted by molar-refractivity contribution is 5.56. The van der Waals surface area contributed by atoms with Crippen LogP contribution in [0.1, 0.15) is 13.3 Å². The fraction of sp³-hybridized carbons (Fsp3) is 0.857. The van der Waals surface area contributed by atoms with Gasteiger partial charge in [0.25, 0.3) is 0 Å². The molecule has 0 amide bonds. The maximum absolute atomic E-state index is 10.1. The maximum atomic E-state index is 10.1. The Hall–Kier alpha value is -0.450. The van der Waals surface area contributed by atoms with E-state index in [1.54, 1.807) is 6.92 Å². The number of rotatable bonds is 5. The molecule has 0 aliphatic carbocycles. The lowest BCUT2D eigenvalue weighted by Crippen LogP contribution is -2.32. The van der Waals surface area contributed by atoms with Gasteiger partial charge in [-0.05, 0) is 6.92 Å². The highest BCUT2D eigenvalue weighted by Gasteiger charge is 2.19. The van der Waals surface area contributed by atoms with E-state index in [2.05, 4.69) is 0 Å². The number of carbonyl (C=O) groups excluding carboxylic acids is 1. The molecule has 0 bridgehead atoms. The third kappa shape index (κ3) is 4.08. The highest BCUT2D eigenvalue weighted by Crippen LogP contribution is 2.04. The first-order valence-corrected chi connectivity index (χ1v) is 3.46. The molecule has 0 radical (unpaired) electrons. The second-order valence-corrected chi connectivity index (χ2v) is 2.49. The molecule has 0 aromatic carbocycles. The summed E-state index contributed by atoms with van der Waals surface area (Å²) in [6.45, 7) is 1.57. The van der Waals surface area contributed by atoms with E-state index in [1.807, 2.05) is 0 Å². The molecule has 0 aliphatic heterocycles. The van der Waals surface area contributed by atoms with Crippen molar-refractivity contribution in [2.24, 2.45) is 0 Å². The standard InChI is InChI=1S/C7H14O4/c1-5(9)3-7(11-2)6(10)4-8/h4-7,9-10H,3H2,1-2H3/t5-,6?,7+/m1/s1. The molecule has 0 saturated carbocycles. The Morgan fingerprint density at radius 3 is 2.36 bits per heavy atom. The Kier molecular flexibility index (Phi) is 5.02. The summed E-state index contributed by atoms with van der Waals surface area (Å²) in [6, 6.07) is 0. The zero-order valence-corrected chi connectivity index (χ0v) is 6.73. The number of ether oxygens (including phenoxy) is 1. The molecule has 11 heavy (non-hydrogen) atoms. The van der Waals surface area contributed by atoms with E-state index in [9.17, 15) is 4.79 Å². The average molecular weight is 162 g/mol. The monoisotopic (exact) mass is 162 g/mol. The van der Waals surface area contributed by atoms with Crippen molar-refractivity contribution in [3.63, 3.8) is 0 Å². The summed E-state index contributed by atoms with van der Waals surface area (Å²) in [5.74, 6) is 0. The number of hydrogen-bond donors (Lipinski definition) is 2. The first-order chi connectivity index (χ1) is 5.11. The SMILES string of the molecule is CO[C@@H](C[C@@H](C)O)C(O)C=O. The van der Waals surface area contributed by atoms with E-state index >= 15 is 0 Å². The van der Waals surface area contributed by atoms with Gasteiger partial charge < -0.3 is 19.7 Å². The minimum Gasteiger partial charge on any atom is -0.393 e. The quantitative estimate of drug-likeness (QED) is 0.526. The lowest BCUT2D eigenvalue weighted by Gasteiger charge is -2.18. The van der Waals surface area contributed by atoms with Gasteiger partial charge >= 0.3 is 0 Å². The van der Waals surface area contributed by atoms with Crippen LogP contribution in [0.4, 0.5) is 0 Å². The van der Waals surface area contributed by atoms with E-state index in [0.717, 1.165) is 0 Å². The summed E-state index contributed by atoms with van der Waals surface area (Å²) in [5.41, 5.74) is 0. The van der Waals surface area contributed by atoms with Gasteiger partial charge in [0.15, 0.2) is 6.29 Å². The number of hydrogen-bond acceptors (Lipinski definition) is 4. The zero-order chi connectivity index (χ0) is 8.85. The van der Waals surface area contributed by atoms with Gasteiger partial charge in [-0.25, -0.2) is 0 Å². The molecule has 0 aromatic heterocycles. The largest absolute Gasteiger partial charge is 0.393 e. The lowest BCUT2D eigenvalue weighted by molar-refractivity contribution is -0.123.